The molecule has 1 saturated heterocycles. The van der Waals surface area contributed by atoms with Gasteiger partial charge >= 0.3 is 6.18 Å². The van der Waals surface area contributed by atoms with E-state index in [0.717, 1.165) is 73.3 Å². The average molecular weight is 693 g/mol. The van der Waals surface area contributed by atoms with Crippen molar-refractivity contribution in [2.24, 2.45) is 0 Å². The van der Waals surface area contributed by atoms with Gasteiger partial charge in [-0.2, -0.15) is 13.2 Å². The van der Waals surface area contributed by atoms with Gasteiger partial charge in [-0.25, -0.2) is 0 Å². The van der Waals surface area contributed by atoms with Crippen molar-refractivity contribution in [2.75, 3.05) is 78.0 Å². The van der Waals surface area contributed by atoms with Crippen molar-refractivity contribution >= 4 is 51.2 Å². The largest absolute Gasteiger partial charge is 0.485 e. The van der Waals surface area contributed by atoms with Crippen LogP contribution in [0.5, 0.6) is 0 Å². The number of anilines is 2. The van der Waals surface area contributed by atoms with E-state index in [1.54, 1.807) is 6.07 Å². The van der Waals surface area contributed by atoms with Crippen LogP contribution in [0.25, 0.3) is 10.8 Å². The molecule has 1 unspecified atom stereocenters. The predicted octanol–water partition coefficient (Wildman–Crippen LogP) is 8.33. The van der Waals surface area contributed by atoms with Crippen molar-refractivity contribution in [3.8, 4) is 0 Å². The number of likely N-dealkylation sites (N-methyl/N-ethyl adjacent to an activating group) is 1. The van der Waals surface area contributed by atoms with Gasteiger partial charge in [0.2, 0.25) is 0 Å². The van der Waals surface area contributed by atoms with Gasteiger partial charge in [-0.3, -0.25) is 4.90 Å². The van der Waals surface area contributed by atoms with E-state index in [1.165, 1.54) is 34.7 Å². The first-order chi connectivity index (χ1) is 23.0. The fourth-order valence-corrected chi connectivity index (χ4v) is 8.14. The SMILES string of the molecule is CN(C)CC(C)(C(=S)OCCN1CCN(CCCN2c3ccccc3Sc3ccc(C(F)(F)F)cc32)CC1)c1ccc2ccccc2c1. The van der Waals surface area contributed by atoms with Crippen LogP contribution in [-0.2, 0) is 16.3 Å². The van der Waals surface area contributed by atoms with Crippen molar-refractivity contribution in [3.05, 3.63) is 96.1 Å². The van der Waals surface area contributed by atoms with Crippen molar-refractivity contribution in [3.63, 3.8) is 0 Å². The monoisotopic (exact) mass is 692 g/mol. The van der Waals surface area contributed by atoms with Crippen LogP contribution in [0.15, 0.2) is 94.7 Å². The summed E-state index contributed by atoms with van der Waals surface area (Å²) in [5.74, 6) is 0. The Bertz CT molecular complexity index is 1740. The van der Waals surface area contributed by atoms with Crippen LogP contribution in [-0.4, -0.2) is 92.8 Å². The summed E-state index contributed by atoms with van der Waals surface area (Å²) in [7, 11) is 4.13. The van der Waals surface area contributed by atoms with Gasteiger partial charge < -0.3 is 19.4 Å². The molecule has 0 aliphatic carbocycles. The lowest BCUT2D eigenvalue weighted by Gasteiger charge is -2.37. The number of para-hydroxylation sites is 1. The second-order valence-electron chi connectivity index (χ2n) is 13.2. The zero-order chi connectivity index (χ0) is 33.9. The number of rotatable bonds is 11. The number of benzene rings is 4. The van der Waals surface area contributed by atoms with Crippen LogP contribution in [0.3, 0.4) is 0 Å². The lowest BCUT2D eigenvalue weighted by atomic mass is 9.81. The molecule has 0 radical (unpaired) electrons. The number of alkyl halides is 3. The number of fused-ring (bicyclic) bond motifs is 3. The molecule has 4 aromatic carbocycles. The number of hydrogen-bond acceptors (Lipinski definition) is 7. The third-order valence-electron chi connectivity index (χ3n) is 9.38. The van der Waals surface area contributed by atoms with Crippen LogP contribution < -0.4 is 4.90 Å². The number of nitrogens with zero attached hydrogens (tertiary/aromatic N) is 4. The van der Waals surface area contributed by atoms with Gasteiger partial charge in [0.1, 0.15) is 6.61 Å². The molecule has 2 aliphatic heterocycles. The van der Waals surface area contributed by atoms with Gasteiger partial charge in [0.15, 0.2) is 5.05 Å². The van der Waals surface area contributed by atoms with Gasteiger partial charge in [-0.15, -0.1) is 0 Å². The Morgan fingerprint density at radius 2 is 1.42 bits per heavy atom. The van der Waals surface area contributed by atoms with E-state index in [2.05, 4.69) is 83.1 Å². The Kier molecular flexibility index (Phi) is 10.7. The van der Waals surface area contributed by atoms with Crippen LogP contribution in [0, 0.1) is 0 Å². The Hall–Kier alpha value is -3.15. The van der Waals surface area contributed by atoms with Gasteiger partial charge in [0, 0.05) is 55.6 Å². The molecule has 0 spiro atoms. The van der Waals surface area contributed by atoms with E-state index in [4.69, 9.17) is 17.0 Å². The zero-order valence-corrected chi connectivity index (χ0v) is 29.4. The summed E-state index contributed by atoms with van der Waals surface area (Å²) in [6.07, 6.45) is -3.52. The number of thiocarbonyl (C=S) groups is 1. The normalized spacial score (nSPS) is 16.9. The minimum atomic E-state index is -4.37. The third kappa shape index (κ3) is 7.84. The molecule has 6 rings (SSSR count). The molecule has 4 aromatic rings. The predicted molar refractivity (Wildman–Crippen MR) is 195 cm³/mol. The average Bonchev–Trinajstić information content (AvgIpc) is 3.07. The maximum atomic E-state index is 13.6. The molecule has 2 heterocycles. The lowest BCUT2D eigenvalue weighted by Crippen LogP contribution is -2.48. The summed E-state index contributed by atoms with van der Waals surface area (Å²) in [6, 6.07) is 27.0. The molecule has 2 aliphatic rings. The first-order valence-electron chi connectivity index (χ1n) is 16.5. The molecule has 1 atom stereocenters. The fourth-order valence-electron chi connectivity index (χ4n) is 6.80. The summed E-state index contributed by atoms with van der Waals surface area (Å²) in [6.45, 7) is 9.60. The Labute approximate surface area is 291 Å². The highest BCUT2D eigenvalue weighted by Crippen LogP contribution is 2.49. The maximum absolute atomic E-state index is 13.6. The molecule has 0 aromatic heterocycles. The van der Waals surface area contributed by atoms with Crippen LogP contribution >= 0.6 is 24.0 Å². The van der Waals surface area contributed by atoms with Crippen LogP contribution in [0.2, 0.25) is 0 Å². The first-order valence-corrected chi connectivity index (χ1v) is 17.8. The van der Waals surface area contributed by atoms with Crippen LogP contribution in [0.4, 0.5) is 24.5 Å². The summed E-state index contributed by atoms with van der Waals surface area (Å²) in [5.41, 5.74) is 1.73. The van der Waals surface area contributed by atoms with Crippen molar-refractivity contribution < 1.29 is 17.9 Å². The van der Waals surface area contributed by atoms with E-state index in [0.29, 0.717) is 23.9 Å². The number of hydrogen-bond donors (Lipinski definition) is 0. The summed E-state index contributed by atoms with van der Waals surface area (Å²) in [4.78, 5) is 11.0. The Balaban J connectivity index is 0.998. The molecular weight excluding hydrogens is 650 g/mol. The second kappa shape index (κ2) is 14.8. The summed E-state index contributed by atoms with van der Waals surface area (Å²) < 4.78 is 47.1. The molecule has 0 bridgehead atoms. The van der Waals surface area contributed by atoms with Crippen molar-refractivity contribution in [1.82, 2.24) is 14.7 Å². The highest BCUT2D eigenvalue weighted by Gasteiger charge is 2.35. The highest BCUT2D eigenvalue weighted by atomic mass is 32.2. The fraction of sp³-hybridized carbons (Fsp3) is 0.395. The summed E-state index contributed by atoms with van der Waals surface area (Å²) in [5, 5.41) is 3.02. The van der Waals surface area contributed by atoms with Crippen LogP contribution in [0.1, 0.15) is 24.5 Å². The van der Waals surface area contributed by atoms with E-state index < -0.39 is 17.2 Å². The molecular formula is C38H43F3N4OS2. The minimum absolute atomic E-state index is 0.427. The topological polar surface area (TPSA) is 22.2 Å². The molecule has 1 fully saturated rings. The minimum Gasteiger partial charge on any atom is -0.485 e. The highest BCUT2D eigenvalue weighted by molar-refractivity contribution is 7.99. The van der Waals surface area contributed by atoms with E-state index >= 15 is 0 Å². The number of piperazine rings is 1. The van der Waals surface area contributed by atoms with Crippen molar-refractivity contribution in [1.29, 1.82) is 0 Å². The molecule has 0 saturated carbocycles. The molecule has 0 amide bonds. The molecule has 5 nitrogen and oxygen atoms in total. The quantitative estimate of drug-likeness (QED) is 0.146. The zero-order valence-electron chi connectivity index (χ0n) is 27.8. The van der Waals surface area contributed by atoms with E-state index in [1.807, 2.05) is 24.3 Å². The number of ether oxygens (including phenoxy) is 1. The molecule has 48 heavy (non-hydrogen) atoms. The third-order valence-corrected chi connectivity index (χ3v) is 11.1. The van der Waals surface area contributed by atoms with E-state index in [-0.39, 0.29) is 0 Å². The van der Waals surface area contributed by atoms with Gasteiger partial charge in [0.05, 0.1) is 22.4 Å². The molecule has 254 valence electrons. The molecule has 10 heteroatoms. The van der Waals surface area contributed by atoms with Crippen molar-refractivity contribution in [2.45, 2.75) is 34.7 Å². The summed E-state index contributed by atoms with van der Waals surface area (Å²) >= 11 is 7.47. The standard InChI is InChI=1S/C38H43F3N4OS2/c1-37(27-42(2)3,30-14-13-28-9-4-5-10-29(28)25-30)36(47)46-24-23-44-21-19-43(20-22-44)17-8-18-45-32-11-6-7-12-34(32)48-35-16-15-31(26-33(35)45)38(39,40)41/h4-7,9-16,25-26H,8,17-24,27H2,1-3H3. The molecule has 0 N–H and O–H groups in total. The van der Waals surface area contributed by atoms with Gasteiger partial charge in [-0.05, 0) is 92.9 Å². The number of halogens is 3. The maximum Gasteiger partial charge on any atom is 0.416 e. The lowest BCUT2D eigenvalue weighted by molar-refractivity contribution is -0.137. The van der Waals surface area contributed by atoms with Gasteiger partial charge in [0.25, 0.3) is 0 Å². The van der Waals surface area contributed by atoms with E-state index in [9.17, 15) is 13.2 Å². The Morgan fingerprint density at radius 3 is 2.15 bits per heavy atom. The van der Waals surface area contributed by atoms with Gasteiger partial charge in [-0.1, -0.05) is 66.4 Å². The smallest absolute Gasteiger partial charge is 0.416 e. The Morgan fingerprint density at radius 1 is 0.771 bits per heavy atom. The second-order valence-corrected chi connectivity index (χ2v) is 14.7. The first kappa shape index (κ1) is 34.7.